The van der Waals surface area contributed by atoms with Crippen molar-refractivity contribution in [2.24, 2.45) is 0 Å². The van der Waals surface area contributed by atoms with Gasteiger partial charge in [0.1, 0.15) is 0 Å². The molecule has 0 radical (unpaired) electrons. The summed E-state index contributed by atoms with van der Waals surface area (Å²) in [6, 6.07) is 9.07. The molecule has 0 aliphatic carbocycles. The average molecular weight is 205 g/mol. The van der Waals surface area contributed by atoms with Gasteiger partial charge in [-0.15, -0.1) is 0 Å². The molecule has 0 saturated heterocycles. The highest BCUT2D eigenvalue weighted by Crippen LogP contribution is 2.18. The zero-order chi connectivity index (χ0) is 11.1. The van der Waals surface area contributed by atoms with Gasteiger partial charge in [0.15, 0.2) is 0 Å². The van der Waals surface area contributed by atoms with Gasteiger partial charge in [0, 0.05) is 0 Å². The molecule has 0 aromatic heterocycles. The second kappa shape index (κ2) is 6.62. The standard InChI is InChI=1S/C14H23N/c1-4-12(3)14-8-6-13(7-9-14)10-11-15-5-2/h6-9,12,15H,4-5,10-11H2,1-3H3. The maximum Gasteiger partial charge on any atom is -0.000847 e. The summed E-state index contributed by atoms with van der Waals surface area (Å²) < 4.78 is 0. The van der Waals surface area contributed by atoms with Crippen molar-refractivity contribution >= 4 is 0 Å². The van der Waals surface area contributed by atoms with Crippen LogP contribution in [-0.2, 0) is 6.42 Å². The Kier molecular flexibility index (Phi) is 5.41. The van der Waals surface area contributed by atoms with Crippen LogP contribution >= 0.6 is 0 Å². The Balaban J connectivity index is 2.49. The molecule has 1 heteroatoms. The minimum atomic E-state index is 0.688. The van der Waals surface area contributed by atoms with Crippen LogP contribution in [0.5, 0.6) is 0 Å². The van der Waals surface area contributed by atoms with Gasteiger partial charge in [0.05, 0.1) is 0 Å². The highest BCUT2D eigenvalue weighted by Gasteiger charge is 2.01. The molecule has 1 nitrogen and oxygen atoms in total. The highest BCUT2D eigenvalue weighted by atomic mass is 14.8. The molecule has 84 valence electrons. The van der Waals surface area contributed by atoms with E-state index in [1.807, 2.05) is 0 Å². The molecule has 0 amide bonds. The number of benzene rings is 1. The first-order valence-corrected chi connectivity index (χ1v) is 6.07. The Morgan fingerprint density at radius 2 is 1.80 bits per heavy atom. The normalized spacial score (nSPS) is 12.7. The lowest BCUT2D eigenvalue weighted by atomic mass is 9.97. The fourth-order valence-corrected chi connectivity index (χ4v) is 1.66. The summed E-state index contributed by atoms with van der Waals surface area (Å²) in [6.45, 7) is 8.81. The van der Waals surface area contributed by atoms with Gasteiger partial charge in [-0.2, -0.15) is 0 Å². The highest BCUT2D eigenvalue weighted by molar-refractivity contribution is 5.25. The van der Waals surface area contributed by atoms with Crippen molar-refractivity contribution in [2.75, 3.05) is 13.1 Å². The van der Waals surface area contributed by atoms with E-state index in [1.165, 1.54) is 17.5 Å². The summed E-state index contributed by atoms with van der Waals surface area (Å²) >= 11 is 0. The summed E-state index contributed by atoms with van der Waals surface area (Å²) in [5.74, 6) is 0.688. The van der Waals surface area contributed by atoms with E-state index in [0.717, 1.165) is 19.5 Å². The molecule has 1 atom stereocenters. The number of nitrogens with one attached hydrogen (secondary N) is 1. The number of hydrogen-bond donors (Lipinski definition) is 1. The van der Waals surface area contributed by atoms with Crippen molar-refractivity contribution in [1.82, 2.24) is 5.32 Å². The molecule has 1 unspecified atom stereocenters. The van der Waals surface area contributed by atoms with Crippen LogP contribution in [0.4, 0.5) is 0 Å². The van der Waals surface area contributed by atoms with Gasteiger partial charge in [-0.1, -0.05) is 45.0 Å². The third-order valence-electron chi connectivity index (χ3n) is 3.00. The summed E-state index contributed by atoms with van der Waals surface area (Å²) in [5.41, 5.74) is 2.90. The molecule has 15 heavy (non-hydrogen) atoms. The summed E-state index contributed by atoms with van der Waals surface area (Å²) in [6.07, 6.45) is 2.35. The molecule has 0 aliphatic rings. The molecule has 0 saturated carbocycles. The quantitative estimate of drug-likeness (QED) is 0.702. The fraction of sp³-hybridized carbons (Fsp3) is 0.571. The maximum atomic E-state index is 3.35. The molecule has 0 heterocycles. The predicted molar refractivity (Wildman–Crippen MR) is 67.4 cm³/mol. The summed E-state index contributed by atoms with van der Waals surface area (Å²) in [4.78, 5) is 0. The average Bonchev–Trinajstić information content (AvgIpc) is 2.29. The second-order valence-corrected chi connectivity index (χ2v) is 4.15. The molecule has 1 rings (SSSR count). The van der Waals surface area contributed by atoms with E-state index >= 15 is 0 Å². The molecule has 0 aliphatic heterocycles. The monoisotopic (exact) mass is 205 g/mol. The van der Waals surface area contributed by atoms with Gasteiger partial charge >= 0.3 is 0 Å². The molecule has 1 N–H and O–H groups in total. The number of likely N-dealkylation sites (N-methyl/N-ethyl adjacent to an activating group) is 1. The van der Waals surface area contributed by atoms with Crippen LogP contribution in [0.3, 0.4) is 0 Å². The van der Waals surface area contributed by atoms with E-state index in [9.17, 15) is 0 Å². The van der Waals surface area contributed by atoms with Crippen LogP contribution in [0.25, 0.3) is 0 Å². The SMILES string of the molecule is CCNCCc1ccc(C(C)CC)cc1. The number of hydrogen-bond acceptors (Lipinski definition) is 1. The van der Waals surface area contributed by atoms with Crippen molar-refractivity contribution in [2.45, 2.75) is 39.5 Å². The van der Waals surface area contributed by atoms with Crippen LogP contribution in [0, 0.1) is 0 Å². The zero-order valence-corrected chi connectivity index (χ0v) is 10.2. The van der Waals surface area contributed by atoms with Crippen molar-refractivity contribution in [1.29, 1.82) is 0 Å². The molecular weight excluding hydrogens is 182 g/mol. The van der Waals surface area contributed by atoms with Crippen LogP contribution in [0.1, 0.15) is 44.2 Å². The van der Waals surface area contributed by atoms with E-state index in [0.29, 0.717) is 5.92 Å². The lowest BCUT2D eigenvalue weighted by Gasteiger charge is -2.09. The second-order valence-electron chi connectivity index (χ2n) is 4.15. The van der Waals surface area contributed by atoms with E-state index in [1.54, 1.807) is 0 Å². The minimum absolute atomic E-state index is 0.688. The van der Waals surface area contributed by atoms with Crippen molar-refractivity contribution in [3.63, 3.8) is 0 Å². The van der Waals surface area contributed by atoms with E-state index in [-0.39, 0.29) is 0 Å². The first-order valence-electron chi connectivity index (χ1n) is 6.07. The molecule has 0 spiro atoms. The van der Waals surface area contributed by atoms with Gasteiger partial charge in [-0.05, 0) is 43.0 Å². The van der Waals surface area contributed by atoms with Crippen LogP contribution < -0.4 is 5.32 Å². The largest absolute Gasteiger partial charge is 0.317 e. The van der Waals surface area contributed by atoms with Gasteiger partial charge in [0.2, 0.25) is 0 Å². The Hall–Kier alpha value is -0.820. The van der Waals surface area contributed by atoms with Crippen molar-refractivity contribution < 1.29 is 0 Å². The van der Waals surface area contributed by atoms with Crippen LogP contribution in [-0.4, -0.2) is 13.1 Å². The van der Waals surface area contributed by atoms with Gasteiger partial charge in [0.25, 0.3) is 0 Å². The Bertz CT molecular complexity index is 263. The van der Waals surface area contributed by atoms with Gasteiger partial charge < -0.3 is 5.32 Å². The van der Waals surface area contributed by atoms with Crippen LogP contribution in [0.2, 0.25) is 0 Å². The predicted octanol–water partition coefficient (Wildman–Crippen LogP) is 3.35. The van der Waals surface area contributed by atoms with Gasteiger partial charge in [-0.25, -0.2) is 0 Å². The molecule has 0 fully saturated rings. The van der Waals surface area contributed by atoms with E-state index < -0.39 is 0 Å². The first-order chi connectivity index (χ1) is 7.27. The zero-order valence-electron chi connectivity index (χ0n) is 10.2. The summed E-state index contributed by atoms with van der Waals surface area (Å²) in [7, 11) is 0. The molecule has 0 bridgehead atoms. The lowest BCUT2D eigenvalue weighted by molar-refractivity contribution is 0.713. The third kappa shape index (κ3) is 4.05. The van der Waals surface area contributed by atoms with Crippen LogP contribution in [0.15, 0.2) is 24.3 Å². The molecular formula is C14H23N. The first kappa shape index (κ1) is 12.3. The smallest absolute Gasteiger partial charge is 0.000847 e. The van der Waals surface area contributed by atoms with E-state index in [4.69, 9.17) is 0 Å². The lowest BCUT2D eigenvalue weighted by Crippen LogP contribution is -2.15. The Morgan fingerprint density at radius 3 is 2.33 bits per heavy atom. The summed E-state index contributed by atoms with van der Waals surface area (Å²) in [5, 5.41) is 3.35. The minimum Gasteiger partial charge on any atom is -0.317 e. The Labute approximate surface area is 93.9 Å². The molecule has 1 aromatic carbocycles. The van der Waals surface area contributed by atoms with E-state index in [2.05, 4.69) is 50.4 Å². The molecule has 1 aromatic rings. The fourth-order valence-electron chi connectivity index (χ4n) is 1.66. The Morgan fingerprint density at radius 1 is 1.13 bits per heavy atom. The van der Waals surface area contributed by atoms with Gasteiger partial charge in [-0.3, -0.25) is 0 Å². The third-order valence-corrected chi connectivity index (χ3v) is 3.00. The van der Waals surface area contributed by atoms with Crippen molar-refractivity contribution in [3.8, 4) is 0 Å². The number of rotatable bonds is 6. The topological polar surface area (TPSA) is 12.0 Å². The van der Waals surface area contributed by atoms with Crippen molar-refractivity contribution in [3.05, 3.63) is 35.4 Å². The maximum absolute atomic E-state index is 3.35.